The summed E-state index contributed by atoms with van der Waals surface area (Å²) in [7, 11) is -3.70. The number of hydrogen-bond donors (Lipinski definition) is 2. The number of allylic oxidation sites excluding steroid dienone is 1. The first-order chi connectivity index (χ1) is 9.55. The van der Waals surface area contributed by atoms with Crippen LogP contribution in [0.15, 0.2) is 28.2 Å². The normalized spacial score (nSPS) is 20.6. The van der Waals surface area contributed by atoms with Gasteiger partial charge in [-0.2, -0.15) is 8.42 Å². The molecule has 1 aromatic rings. The predicted molar refractivity (Wildman–Crippen MR) is 80.8 cm³/mol. The summed E-state index contributed by atoms with van der Waals surface area (Å²) in [6.45, 7) is 0. The Labute approximate surface area is 118 Å². The molecule has 1 heterocycles. The van der Waals surface area contributed by atoms with Crippen molar-refractivity contribution in [1.29, 1.82) is 0 Å². The summed E-state index contributed by atoms with van der Waals surface area (Å²) in [5, 5.41) is 0. The molecule has 2 aliphatic rings. The Bertz CT molecular complexity index is 697. The van der Waals surface area contributed by atoms with Gasteiger partial charge in [-0.05, 0) is 37.3 Å². The van der Waals surface area contributed by atoms with Crippen LogP contribution in [0, 0.1) is 0 Å². The van der Waals surface area contributed by atoms with Crippen molar-refractivity contribution in [2.45, 2.75) is 32.1 Å². The first-order valence-electron chi connectivity index (χ1n) is 6.76. The Morgan fingerprint density at radius 3 is 2.70 bits per heavy atom. The molecule has 20 heavy (non-hydrogen) atoms. The molecule has 3 N–H and O–H groups in total. The summed E-state index contributed by atoms with van der Waals surface area (Å²) >= 11 is 0. The van der Waals surface area contributed by atoms with Crippen molar-refractivity contribution in [2.24, 2.45) is 10.1 Å². The Hall–Kier alpha value is -1.82. The van der Waals surface area contributed by atoms with Crippen molar-refractivity contribution in [1.82, 2.24) is 0 Å². The summed E-state index contributed by atoms with van der Waals surface area (Å²) in [4.78, 5) is 0. The molecular formula is C14H17N3O2S. The molecule has 1 aliphatic heterocycles. The highest BCUT2D eigenvalue weighted by Crippen LogP contribution is 2.30. The molecule has 1 aliphatic carbocycles. The number of benzene rings is 1. The van der Waals surface area contributed by atoms with E-state index in [1.165, 1.54) is 24.8 Å². The lowest BCUT2D eigenvalue weighted by Crippen LogP contribution is -2.27. The van der Waals surface area contributed by atoms with E-state index in [4.69, 9.17) is 5.73 Å². The number of amidine groups is 1. The SMILES string of the molecule is NC1=NS(=O)(=O)Nc2cccc(C=C3CCCCC3)c21. The van der Waals surface area contributed by atoms with Gasteiger partial charge in [-0.1, -0.05) is 30.2 Å². The molecule has 1 aromatic carbocycles. The molecule has 5 nitrogen and oxygen atoms in total. The molecule has 6 heteroatoms. The van der Waals surface area contributed by atoms with Gasteiger partial charge in [0.1, 0.15) is 5.84 Å². The van der Waals surface area contributed by atoms with Gasteiger partial charge in [0.15, 0.2) is 0 Å². The number of fused-ring (bicyclic) bond motifs is 1. The van der Waals surface area contributed by atoms with Crippen LogP contribution in [-0.2, 0) is 10.2 Å². The second kappa shape index (κ2) is 4.94. The maximum atomic E-state index is 11.5. The van der Waals surface area contributed by atoms with Crippen LogP contribution in [-0.4, -0.2) is 14.3 Å². The molecule has 106 valence electrons. The Kier molecular flexibility index (Phi) is 3.25. The van der Waals surface area contributed by atoms with Crippen LogP contribution in [0.4, 0.5) is 5.69 Å². The van der Waals surface area contributed by atoms with Gasteiger partial charge in [0, 0.05) is 5.56 Å². The third kappa shape index (κ3) is 2.56. The molecule has 0 amide bonds. The average Bonchev–Trinajstić information content (AvgIpc) is 2.38. The summed E-state index contributed by atoms with van der Waals surface area (Å²) in [5.41, 5.74) is 9.34. The van der Waals surface area contributed by atoms with E-state index in [9.17, 15) is 8.42 Å². The third-order valence-corrected chi connectivity index (χ3v) is 4.58. The van der Waals surface area contributed by atoms with E-state index in [2.05, 4.69) is 15.2 Å². The van der Waals surface area contributed by atoms with Crippen LogP contribution in [0.2, 0.25) is 0 Å². The van der Waals surface area contributed by atoms with Gasteiger partial charge in [-0.3, -0.25) is 4.72 Å². The van der Waals surface area contributed by atoms with Crippen molar-refractivity contribution >= 4 is 27.8 Å². The van der Waals surface area contributed by atoms with Crippen LogP contribution >= 0.6 is 0 Å². The van der Waals surface area contributed by atoms with Crippen molar-refractivity contribution in [2.75, 3.05) is 4.72 Å². The average molecular weight is 291 g/mol. The highest BCUT2D eigenvalue weighted by molar-refractivity contribution is 7.91. The maximum absolute atomic E-state index is 11.5. The van der Waals surface area contributed by atoms with Gasteiger partial charge in [-0.25, -0.2) is 0 Å². The second-order valence-electron chi connectivity index (χ2n) is 5.19. The number of hydrogen-bond acceptors (Lipinski definition) is 3. The van der Waals surface area contributed by atoms with E-state index in [0.717, 1.165) is 18.4 Å². The van der Waals surface area contributed by atoms with Crippen molar-refractivity contribution < 1.29 is 8.42 Å². The van der Waals surface area contributed by atoms with Crippen LogP contribution in [0.5, 0.6) is 0 Å². The Morgan fingerprint density at radius 1 is 1.20 bits per heavy atom. The topological polar surface area (TPSA) is 84.5 Å². The summed E-state index contributed by atoms with van der Waals surface area (Å²) < 4.78 is 29.0. The van der Waals surface area contributed by atoms with Gasteiger partial charge in [0.25, 0.3) is 0 Å². The van der Waals surface area contributed by atoms with E-state index in [-0.39, 0.29) is 5.84 Å². The van der Waals surface area contributed by atoms with Gasteiger partial charge in [0.05, 0.1) is 5.69 Å². The fraction of sp³-hybridized carbons (Fsp3) is 0.357. The largest absolute Gasteiger partial charge is 0.382 e. The van der Waals surface area contributed by atoms with Crippen molar-refractivity contribution in [3.8, 4) is 0 Å². The highest BCUT2D eigenvalue weighted by Gasteiger charge is 2.22. The Morgan fingerprint density at radius 2 is 1.95 bits per heavy atom. The molecule has 1 fully saturated rings. The fourth-order valence-corrected chi connectivity index (χ4v) is 3.61. The molecular weight excluding hydrogens is 274 g/mol. The number of nitrogens with zero attached hydrogens (tertiary/aromatic N) is 1. The van der Waals surface area contributed by atoms with Crippen LogP contribution in [0.3, 0.4) is 0 Å². The smallest absolute Gasteiger partial charge is 0.344 e. The second-order valence-corrected chi connectivity index (χ2v) is 6.52. The quantitative estimate of drug-likeness (QED) is 0.833. The minimum atomic E-state index is -3.70. The van der Waals surface area contributed by atoms with Gasteiger partial charge >= 0.3 is 10.2 Å². The monoisotopic (exact) mass is 291 g/mol. The van der Waals surface area contributed by atoms with Crippen LogP contribution in [0.25, 0.3) is 6.08 Å². The number of nitrogens with two attached hydrogens (primary N) is 1. The standard InChI is InChI=1S/C14H17N3O2S/c15-14-13-11(9-10-5-2-1-3-6-10)7-4-8-12(13)16-20(18,19)17-14/h4,7-9,16H,1-3,5-6H2,(H2,15,17). The van der Waals surface area contributed by atoms with Gasteiger partial charge < -0.3 is 5.73 Å². The van der Waals surface area contributed by atoms with Gasteiger partial charge in [-0.15, -0.1) is 4.40 Å². The number of rotatable bonds is 1. The summed E-state index contributed by atoms with van der Waals surface area (Å²) in [6.07, 6.45) is 8.06. The minimum absolute atomic E-state index is 0.0574. The van der Waals surface area contributed by atoms with E-state index >= 15 is 0 Å². The molecule has 0 unspecified atom stereocenters. The third-order valence-electron chi connectivity index (χ3n) is 3.67. The molecule has 0 atom stereocenters. The first kappa shape index (κ1) is 13.2. The lowest BCUT2D eigenvalue weighted by molar-refractivity contribution is 0.602. The van der Waals surface area contributed by atoms with Crippen molar-refractivity contribution in [3.63, 3.8) is 0 Å². The van der Waals surface area contributed by atoms with E-state index in [1.54, 1.807) is 6.07 Å². The fourth-order valence-electron chi connectivity index (χ4n) is 2.77. The molecule has 0 saturated heterocycles. The van der Waals surface area contributed by atoms with Gasteiger partial charge in [0.2, 0.25) is 0 Å². The number of anilines is 1. The number of nitrogens with one attached hydrogen (secondary N) is 1. The zero-order valence-corrected chi connectivity index (χ0v) is 11.9. The summed E-state index contributed by atoms with van der Waals surface area (Å²) in [5.74, 6) is 0.0574. The molecule has 1 saturated carbocycles. The first-order valence-corrected chi connectivity index (χ1v) is 8.20. The molecule has 0 aromatic heterocycles. The molecule has 0 spiro atoms. The predicted octanol–water partition coefficient (Wildman–Crippen LogP) is 2.41. The Balaban J connectivity index is 2.07. The zero-order chi connectivity index (χ0) is 14.2. The molecule has 0 bridgehead atoms. The van der Waals surface area contributed by atoms with Crippen molar-refractivity contribution in [3.05, 3.63) is 34.9 Å². The zero-order valence-electron chi connectivity index (χ0n) is 11.1. The highest BCUT2D eigenvalue weighted by atomic mass is 32.2. The lowest BCUT2D eigenvalue weighted by atomic mass is 9.92. The molecule has 0 radical (unpaired) electrons. The van der Waals surface area contributed by atoms with Crippen LogP contribution in [0.1, 0.15) is 43.2 Å². The maximum Gasteiger partial charge on any atom is 0.344 e. The van der Waals surface area contributed by atoms with E-state index < -0.39 is 10.2 Å². The van der Waals surface area contributed by atoms with Crippen LogP contribution < -0.4 is 10.5 Å². The molecule has 3 rings (SSSR count). The van der Waals surface area contributed by atoms with E-state index in [0.29, 0.717) is 11.3 Å². The van der Waals surface area contributed by atoms with E-state index in [1.807, 2.05) is 12.1 Å². The minimum Gasteiger partial charge on any atom is -0.382 e. The summed E-state index contributed by atoms with van der Waals surface area (Å²) in [6, 6.07) is 5.48. The lowest BCUT2D eigenvalue weighted by Gasteiger charge is -2.19.